The van der Waals surface area contributed by atoms with Gasteiger partial charge in [-0.05, 0) is 29.7 Å². The minimum Gasteiger partial charge on any atom is -0.454 e. The highest BCUT2D eigenvalue weighted by Gasteiger charge is 2.17. The maximum Gasteiger partial charge on any atom is 0.326 e. The van der Waals surface area contributed by atoms with Crippen molar-refractivity contribution < 1.29 is 14.3 Å². The van der Waals surface area contributed by atoms with Crippen molar-refractivity contribution in [3.8, 4) is 0 Å². The van der Waals surface area contributed by atoms with Crippen LogP contribution in [0.3, 0.4) is 0 Å². The highest BCUT2D eigenvalue weighted by atomic mass is 16.5. The number of fused-ring (bicyclic) bond motifs is 1. The third kappa shape index (κ3) is 5.95. The van der Waals surface area contributed by atoms with Gasteiger partial charge in [-0.3, -0.25) is 19.0 Å². The highest BCUT2D eigenvalue weighted by Crippen LogP contribution is 2.10. The Kier molecular flexibility index (Phi) is 7.45. The van der Waals surface area contributed by atoms with Crippen molar-refractivity contribution in [1.29, 1.82) is 0 Å². The maximum atomic E-state index is 13.0. The lowest BCUT2D eigenvalue weighted by Crippen LogP contribution is -2.36. The number of aromatic nitrogens is 2. The Morgan fingerprint density at radius 2 is 1.50 bits per heavy atom. The van der Waals surface area contributed by atoms with Crippen LogP contribution in [0.15, 0.2) is 95.9 Å². The average molecular weight is 456 g/mol. The van der Waals surface area contributed by atoms with Crippen molar-refractivity contribution in [3.05, 3.63) is 113 Å². The second-order valence-corrected chi connectivity index (χ2v) is 7.87. The molecule has 4 aromatic rings. The van der Waals surface area contributed by atoms with E-state index in [1.54, 1.807) is 29.2 Å². The number of hydrogen-bond donors (Lipinski definition) is 0. The molecule has 0 spiro atoms. The fourth-order valence-corrected chi connectivity index (χ4v) is 3.69. The molecule has 4 rings (SSSR count). The van der Waals surface area contributed by atoms with Gasteiger partial charge >= 0.3 is 5.97 Å². The summed E-state index contributed by atoms with van der Waals surface area (Å²) in [7, 11) is 0. The summed E-state index contributed by atoms with van der Waals surface area (Å²) in [6, 6.07) is 26.6. The number of hydrogen-bond acceptors (Lipinski definition) is 5. The minimum atomic E-state index is -0.658. The number of amides is 1. The van der Waals surface area contributed by atoms with E-state index in [1.165, 1.54) is 10.8 Å². The van der Waals surface area contributed by atoms with Crippen LogP contribution in [0.4, 0.5) is 0 Å². The molecule has 1 amide bonds. The molecule has 1 heterocycles. The van der Waals surface area contributed by atoms with Gasteiger partial charge in [0, 0.05) is 13.1 Å². The lowest BCUT2D eigenvalue weighted by Gasteiger charge is -2.23. The third-order valence-electron chi connectivity index (χ3n) is 5.48. The molecule has 0 aliphatic carbocycles. The van der Waals surface area contributed by atoms with Gasteiger partial charge in [-0.15, -0.1) is 0 Å². The van der Waals surface area contributed by atoms with Crippen molar-refractivity contribution in [2.45, 2.75) is 19.5 Å². The fraction of sp³-hybridized carbons (Fsp3) is 0.185. The molecule has 0 fully saturated rings. The summed E-state index contributed by atoms with van der Waals surface area (Å²) < 4.78 is 6.57. The number of carbonyl (C=O) groups excluding carboxylic acids is 2. The summed E-state index contributed by atoms with van der Waals surface area (Å²) in [4.78, 5) is 43.5. The monoisotopic (exact) mass is 455 g/mol. The molecule has 3 aromatic carbocycles. The van der Waals surface area contributed by atoms with Crippen LogP contribution in [0.1, 0.15) is 11.1 Å². The van der Waals surface area contributed by atoms with Crippen LogP contribution in [-0.4, -0.2) is 39.5 Å². The summed E-state index contributed by atoms with van der Waals surface area (Å²) in [5.41, 5.74) is 2.84. The maximum absolute atomic E-state index is 13.0. The van der Waals surface area contributed by atoms with Crippen LogP contribution in [0.25, 0.3) is 11.0 Å². The Balaban J connectivity index is 1.41. The highest BCUT2D eigenvalue weighted by molar-refractivity contribution is 5.81. The molecule has 0 aliphatic heterocycles. The first-order valence-corrected chi connectivity index (χ1v) is 11.1. The Morgan fingerprint density at radius 3 is 2.24 bits per heavy atom. The molecule has 0 bridgehead atoms. The van der Waals surface area contributed by atoms with E-state index in [4.69, 9.17) is 4.74 Å². The van der Waals surface area contributed by atoms with E-state index >= 15 is 0 Å². The molecular weight excluding hydrogens is 430 g/mol. The Hall–Kier alpha value is -4.26. The van der Waals surface area contributed by atoms with Crippen LogP contribution in [-0.2, 0) is 33.8 Å². The van der Waals surface area contributed by atoms with Crippen molar-refractivity contribution in [2.75, 3.05) is 13.2 Å². The van der Waals surface area contributed by atoms with Crippen LogP contribution in [0.2, 0.25) is 0 Å². The Labute approximate surface area is 197 Å². The zero-order valence-electron chi connectivity index (χ0n) is 18.7. The van der Waals surface area contributed by atoms with E-state index < -0.39 is 18.1 Å². The molecule has 0 saturated heterocycles. The van der Waals surface area contributed by atoms with Crippen LogP contribution in [0, 0.1) is 0 Å². The Morgan fingerprint density at radius 1 is 0.853 bits per heavy atom. The van der Waals surface area contributed by atoms with Crippen LogP contribution >= 0.6 is 0 Å². The van der Waals surface area contributed by atoms with Crippen LogP contribution in [0.5, 0.6) is 0 Å². The van der Waals surface area contributed by atoms with Gasteiger partial charge in [-0.1, -0.05) is 72.8 Å². The number of ether oxygens (including phenoxy) is 1. The van der Waals surface area contributed by atoms with E-state index in [9.17, 15) is 14.4 Å². The summed E-state index contributed by atoms with van der Waals surface area (Å²) in [5, 5.41) is 0. The lowest BCUT2D eigenvalue weighted by molar-refractivity contribution is -0.152. The molecule has 34 heavy (non-hydrogen) atoms. The molecule has 0 N–H and O–H groups in total. The molecule has 0 radical (unpaired) electrons. The first kappa shape index (κ1) is 22.9. The summed E-state index contributed by atoms with van der Waals surface area (Å²) in [5.74, 6) is -0.949. The predicted octanol–water partition coefficient (Wildman–Crippen LogP) is 3.21. The van der Waals surface area contributed by atoms with E-state index in [2.05, 4.69) is 4.98 Å². The van der Waals surface area contributed by atoms with Crippen molar-refractivity contribution in [1.82, 2.24) is 14.5 Å². The molecule has 172 valence electrons. The molecule has 0 atom stereocenters. The van der Waals surface area contributed by atoms with E-state index in [0.717, 1.165) is 11.1 Å². The van der Waals surface area contributed by atoms with E-state index in [1.807, 2.05) is 60.7 Å². The second-order valence-electron chi connectivity index (χ2n) is 7.87. The normalized spacial score (nSPS) is 10.7. The molecule has 1 aromatic heterocycles. The van der Waals surface area contributed by atoms with Gasteiger partial charge in [0.25, 0.3) is 11.5 Å². The number of esters is 1. The van der Waals surface area contributed by atoms with Crippen molar-refractivity contribution in [2.24, 2.45) is 0 Å². The topological polar surface area (TPSA) is 81.5 Å². The lowest BCUT2D eigenvalue weighted by atomic mass is 10.1. The van der Waals surface area contributed by atoms with E-state index in [0.29, 0.717) is 30.5 Å². The number of rotatable bonds is 9. The van der Waals surface area contributed by atoms with Gasteiger partial charge in [-0.2, -0.15) is 0 Å². The van der Waals surface area contributed by atoms with Crippen LogP contribution < -0.4 is 5.56 Å². The molecular formula is C27H25N3O4. The first-order chi connectivity index (χ1) is 16.6. The molecule has 7 heteroatoms. The smallest absolute Gasteiger partial charge is 0.326 e. The van der Waals surface area contributed by atoms with Gasteiger partial charge in [0.15, 0.2) is 6.61 Å². The molecule has 0 saturated carbocycles. The number of benzene rings is 3. The number of para-hydroxylation sites is 2. The standard InChI is InChI=1S/C27H25N3O4/c31-25-17-28-23-13-7-8-14-24(23)30(25)19-27(33)34-20-26(32)29(18-22-11-5-2-6-12-22)16-15-21-9-3-1-4-10-21/h1-14,17H,15-16,18-20H2. The summed E-state index contributed by atoms with van der Waals surface area (Å²) >= 11 is 0. The predicted molar refractivity (Wildman–Crippen MR) is 129 cm³/mol. The van der Waals surface area contributed by atoms with Gasteiger partial charge in [0.1, 0.15) is 6.54 Å². The Bertz CT molecular complexity index is 1320. The largest absolute Gasteiger partial charge is 0.454 e. The summed E-state index contributed by atoms with van der Waals surface area (Å²) in [6.07, 6.45) is 1.86. The number of nitrogens with zero attached hydrogens (tertiary/aromatic N) is 3. The zero-order valence-corrected chi connectivity index (χ0v) is 18.7. The third-order valence-corrected chi connectivity index (χ3v) is 5.48. The van der Waals surface area contributed by atoms with Crippen molar-refractivity contribution in [3.63, 3.8) is 0 Å². The molecule has 0 unspecified atom stereocenters. The summed E-state index contributed by atoms with van der Waals surface area (Å²) in [6.45, 7) is 0.221. The zero-order chi connectivity index (χ0) is 23.8. The van der Waals surface area contributed by atoms with Gasteiger partial charge in [0.05, 0.1) is 17.2 Å². The van der Waals surface area contributed by atoms with Crippen molar-refractivity contribution >= 4 is 22.9 Å². The number of carbonyl (C=O) groups is 2. The van der Waals surface area contributed by atoms with E-state index in [-0.39, 0.29) is 12.5 Å². The SMILES string of the molecule is O=C(Cn1c(=O)cnc2ccccc21)OCC(=O)N(CCc1ccccc1)Cc1ccccc1. The first-order valence-electron chi connectivity index (χ1n) is 11.1. The second kappa shape index (κ2) is 11.0. The molecule has 7 nitrogen and oxygen atoms in total. The quantitative estimate of drug-likeness (QED) is 0.362. The fourth-order valence-electron chi connectivity index (χ4n) is 3.69. The van der Waals surface area contributed by atoms with Gasteiger partial charge in [-0.25, -0.2) is 4.98 Å². The van der Waals surface area contributed by atoms with Gasteiger partial charge in [0.2, 0.25) is 0 Å². The van der Waals surface area contributed by atoms with Gasteiger partial charge < -0.3 is 9.64 Å². The minimum absolute atomic E-state index is 0.292. The average Bonchev–Trinajstić information content (AvgIpc) is 2.88. The molecule has 0 aliphatic rings.